The topological polar surface area (TPSA) is 62.3 Å². The van der Waals surface area contributed by atoms with Crippen LogP contribution in [0.2, 0.25) is 0 Å². The van der Waals surface area contributed by atoms with E-state index in [0.29, 0.717) is 25.1 Å². The van der Waals surface area contributed by atoms with Crippen LogP contribution in [0.3, 0.4) is 0 Å². The van der Waals surface area contributed by atoms with Gasteiger partial charge in [0.15, 0.2) is 0 Å². The molecule has 0 bridgehead atoms. The maximum Gasteiger partial charge on any atom is 0.254 e. The van der Waals surface area contributed by atoms with E-state index in [9.17, 15) is 9.59 Å². The van der Waals surface area contributed by atoms with E-state index < -0.39 is 6.04 Å². The van der Waals surface area contributed by atoms with Crippen LogP contribution in [0.1, 0.15) is 40.0 Å². The minimum atomic E-state index is -0.405. The summed E-state index contributed by atoms with van der Waals surface area (Å²) in [6, 6.07) is 15.3. The second-order valence-corrected chi connectivity index (χ2v) is 8.56. The van der Waals surface area contributed by atoms with Crippen molar-refractivity contribution >= 4 is 23.2 Å². The van der Waals surface area contributed by atoms with Crippen molar-refractivity contribution in [2.75, 3.05) is 6.54 Å². The summed E-state index contributed by atoms with van der Waals surface area (Å²) >= 11 is 1.63. The first kappa shape index (κ1) is 20.3. The Bertz CT molecular complexity index is 1060. The predicted molar refractivity (Wildman–Crippen MR) is 119 cm³/mol. The third kappa shape index (κ3) is 4.28. The molecule has 0 radical (unpaired) electrons. The number of benzene rings is 2. The molecule has 1 aromatic heterocycles. The molecule has 2 heterocycles. The zero-order chi connectivity index (χ0) is 21.1. The second-order valence-electron chi connectivity index (χ2n) is 7.71. The Hall–Kier alpha value is -2.99. The van der Waals surface area contributed by atoms with E-state index in [-0.39, 0.29) is 11.8 Å². The van der Waals surface area contributed by atoms with Crippen molar-refractivity contribution in [1.82, 2.24) is 15.2 Å². The minimum absolute atomic E-state index is 0.0689. The molecule has 1 aliphatic heterocycles. The summed E-state index contributed by atoms with van der Waals surface area (Å²) in [7, 11) is 0. The lowest BCUT2D eigenvalue weighted by Crippen LogP contribution is -2.45. The van der Waals surface area contributed by atoms with E-state index >= 15 is 0 Å². The molecule has 30 heavy (non-hydrogen) atoms. The lowest BCUT2D eigenvalue weighted by molar-refractivity contribution is -0.125. The summed E-state index contributed by atoms with van der Waals surface area (Å²) in [6.45, 7) is 5.04. The maximum atomic E-state index is 12.9. The molecular weight excluding hydrogens is 394 g/mol. The first-order valence-electron chi connectivity index (χ1n) is 10.2. The van der Waals surface area contributed by atoms with Gasteiger partial charge in [0.25, 0.3) is 5.91 Å². The standard InChI is InChI=1S/C24H25N3O2S/c1-16-5-3-6-20(13-16)24(29)27-12-4-7-21(27)23(28)25-14-18-8-10-19(11-9-18)22-17(2)26-15-30-22/h3,5-6,8-11,13,15,21H,4,7,12,14H2,1-2H3,(H,25,28)/t21-/m0/s1. The summed E-state index contributed by atoms with van der Waals surface area (Å²) < 4.78 is 0. The van der Waals surface area contributed by atoms with Crippen LogP contribution in [0.25, 0.3) is 10.4 Å². The molecule has 0 unspecified atom stereocenters. The number of thiazole rings is 1. The third-order valence-electron chi connectivity index (χ3n) is 5.51. The minimum Gasteiger partial charge on any atom is -0.350 e. The molecular formula is C24H25N3O2S. The molecule has 1 aliphatic rings. The molecule has 1 N–H and O–H groups in total. The lowest BCUT2D eigenvalue weighted by atomic mass is 10.1. The van der Waals surface area contributed by atoms with Gasteiger partial charge < -0.3 is 10.2 Å². The summed E-state index contributed by atoms with van der Waals surface area (Å²) in [5.74, 6) is -0.156. The van der Waals surface area contributed by atoms with Crippen molar-refractivity contribution in [3.8, 4) is 10.4 Å². The number of aromatic nitrogens is 1. The van der Waals surface area contributed by atoms with Gasteiger partial charge in [-0.25, -0.2) is 4.98 Å². The molecule has 1 saturated heterocycles. The Morgan fingerprint density at radius 3 is 2.67 bits per heavy atom. The number of nitrogens with one attached hydrogen (secondary N) is 1. The quantitative estimate of drug-likeness (QED) is 0.669. The smallest absolute Gasteiger partial charge is 0.254 e. The fourth-order valence-corrected chi connectivity index (χ4v) is 4.70. The Balaban J connectivity index is 1.38. The highest BCUT2D eigenvalue weighted by atomic mass is 32.1. The number of hydrogen-bond donors (Lipinski definition) is 1. The highest BCUT2D eigenvalue weighted by Gasteiger charge is 2.34. The summed E-state index contributed by atoms with van der Waals surface area (Å²) in [5.41, 5.74) is 6.73. The Morgan fingerprint density at radius 2 is 1.97 bits per heavy atom. The fraction of sp³-hybridized carbons (Fsp3) is 0.292. The summed E-state index contributed by atoms with van der Waals surface area (Å²) in [6.07, 6.45) is 1.55. The Morgan fingerprint density at radius 1 is 1.17 bits per heavy atom. The molecule has 3 aromatic rings. The van der Waals surface area contributed by atoms with Crippen LogP contribution in [0.15, 0.2) is 54.0 Å². The van der Waals surface area contributed by atoms with Crippen LogP contribution in [0.5, 0.6) is 0 Å². The van der Waals surface area contributed by atoms with Crippen LogP contribution in [-0.4, -0.2) is 34.3 Å². The van der Waals surface area contributed by atoms with Crippen molar-refractivity contribution in [2.45, 2.75) is 39.3 Å². The molecule has 2 aromatic carbocycles. The average molecular weight is 420 g/mol. The van der Waals surface area contributed by atoms with Gasteiger partial charge in [-0.2, -0.15) is 0 Å². The first-order chi connectivity index (χ1) is 14.5. The number of rotatable bonds is 5. The van der Waals surface area contributed by atoms with Crippen LogP contribution in [0, 0.1) is 13.8 Å². The molecule has 1 fully saturated rings. The maximum absolute atomic E-state index is 12.9. The number of aryl methyl sites for hydroxylation is 2. The van der Waals surface area contributed by atoms with Gasteiger partial charge in [0, 0.05) is 18.7 Å². The molecule has 2 amide bonds. The normalized spacial score (nSPS) is 15.9. The van der Waals surface area contributed by atoms with E-state index in [1.54, 1.807) is 16.2 Å². The average Bonchev–Trinajstić information content (AvgIpc) is 3.41. The summed E-state index contributed by atoms with van der Waals surface area (Å²) in [5, 5.41) is 3.01. The monoisotopic (exact) mass is 419 g/mol. The van der Waals surface area contributed by atoms with E-state index in [0.717, 1.165) is 28.8 Å². The van der Waals surface area contributed by atoms with Crippen molar-refractivity contribution in [3.05, 3.63) is 76.4 Å². The molecule has 0 aliphatic carbocycles. The van der Waals surface area contributed by atoms with Gasteiger partial charge in [-0.05, 0) is 49.9 Å². The first-order valence-corrected chi connectivity index (χ1v) is 11.1. The van der Waals surface area contributed by atoms with Gasteiger partial charge in [0.05, 0.1) is 16.1 Å². The zero-order valence-electron chi connectivity index (χ0n) is 17.2. The summed E-state index contributed by atoms with van der Waals surface area (Å²) in [4.78, 5) is 32.9. The highest BCUT2D eigenvalue weighted by molar-refractivity contribution is 7.13. The van der Waals surface area contributed by atoms with Gasteiger partial charge in [0.1, 0.15) is 6.04 Å². The molecule has 0 spiro atoms. The Kier molecular flexibility index (Phi) is 5.95. The molecule has 0 saturated carbocycles. The fourth-order valence-electron chi connectivity index (χ4n) is 3.89. The van der Waals surface area contributed by atoms with Crippen molar-refractivity contribution < 1.29 is 9.59 Å². The van der Waals surface area contributed by atoms with Crippen molar-refractivity contribution in [1.29, 1.82) is 0 Å². The third-order valence-corrected chi connectivity index (χ3v) is 6.49. The number of carbonyl (C=O) groups is 2. The van der Waals surface area contributed by atoms with Crippen LogP contribution in [-0.2, 0) is 11.3 Å². The SMILES string of the molecule is Cc1cccc(C(=O)N2CCC[C@H]2C(=O)NCc2ccc(-c3scnc3C)cc2)c1. The van der Waals surface area contributed by atoms with Crippen molar-refractivity contribution in [3.63, 3.8) is 0 Å². The molecule has 154 valence electrons. The highest BCUT2D eigenvalue weighted by Crippen LogP contribution is 2.27. The Labute approximate surface area is 180 Å². The number of nitrogens with zero attached hydrogens (tertiary/aromatic N) is 2. The largest absolute Gasteiger partial charge is 0.350 e. The number of carbonyl (C=O) groups excluding carboxylic acids is 2. The van der Waals surface area contributed by atoms with Crippen LogP contribution >= 0.6 is 11.3 Å². The molecule has 6 heteroatoms. The zero-order valence-corrected chi connectivity index (χ0v) is 18.0. The number of amides is 2. The molecule has 1 atom stereocenters. The molecule has 4 rings (SSSR count). The van der Waals surface area contributed by atoms with E-state index in [2.05, 4.69) is 22.4 Å². The van der Waals surface area contributed by atoms with Crippen molar-refractivity contribution in [2.24, 2.45) is 0 Å². The second kappa shape index (κ2) is 8.79. The number of hydrogen-bond acceptors (Lipinski definition) is 4. The van der Waals surface area contributed by atoms with Gasteiger partial charge in [-0.1, -0.05) is 42.0 Å². The van der Waals surface area contributed by atoms with Gasteiger partial charge >= 0.3 is 0 Å². The van der Waals surface area contributed by atoms with Crippen LogP contribution in [0.4, 0.5) is 0 Å². The van der Waals surface area contributed by atoms with Crippen LogP contribution < -0.4 is 5.32 Å². The van der Waals surface area contributed by atoms with Gasteiger partial charge in [-0.3, -0.25) is 9.59 Å². The molecule has 5 nitrogen and oxygen atoms in total. The lowest BCUT2D eigenvalue weighted by Gasteiger charge is -2.24. The van der Waals surface area contributed by atoms with E-state index in [1.807, 2.05) is 55.8 Å². The van der Waals surface area contributed by atoms with E-state index in [4.69, 9.17) is 0 Å². The van der Waals surface area contributed by atoms with Gasteiger partial charge in [0.2, 0.25) is 5.91 Å². The van der Waals surface area contributed by atoms with Gasteiger partial charge in [-0.15, -0.1) is 11.3 Å². The predicted octanol–water partition coefficient (Wildman–Crippen LogP) is 4.35. The van der Waals surface area contributed by atoms with E-state index in [1.165, 1.54) is 4.88 Å². The number of likely N-dealkylation sites (tertiary alicyclic amines) is 1.